The molecule has 0 aromatic carbocycles. The normalized spacial score (nSPS) is 19.2. The first-order valence-corrected chi connectivity index (χ1v) is 7.16. The molecule has 1 fully saturated rings. The third kappa shape index (κ3) is 6.69. The predicted molar refractivity (Wildman–Crippen MR) is 74.9 cm³/mol. The lowest BCUT2D eigenvalue weighted by Crippen LogP contribution is -2.47. The summed E-state index contributed by atoms with van der Waals surface area (Å²) in [4.78, 5) is 2.34. The second kappa shape index (κ2) is 8.10. The summed E-state index contributed by atoms with van der Waals surface area (Å²) in [6, 6.07) is 0.654. The predicted octanol–water partition coefficient (Wildman–Crippen LogP) is 1.24. The Kier molecular flexibility index (Phi) is 7.15. The summed E-state index contributed by atoms with van der Waals surface area (Å²) in [6.07, 6.45) is 5.79. The van der Waals surface area contributed by atoms with Gasteiger partial charge >= 0.3 is 0 Å². The Morgan fingerprint density at radius 3 is 2.56 bits per heavy atom. The summed E-state index contributed by atoms with van der Waals surface area (Å²) < 4.78 is 5.05. The van der Waals surface area contributed by atoms with Gasteiger partial charge in [0.25, 0.3) is 0 Å². The average molecular weight is 258 g/mol. The third-order valence-electron chi connectivity index (χ3n) is 3.64. The smallest absolute Gasteiger partial charge is 0.0610 e. The Hall–Kier alpha value is -0.160. The zero-order valence-electron chi connectivity index (χ0n) is 12.2. The van der Waals surface area contributed by atoms with E-state index in [4.69, 9.17) is 4.74 Å². The molecule has 1 atom stereocenters. The van der Waals surface area contributed by atoms with Gasteiger partial charge in [-0.25, -0.2) is 0 Å². The Balaban J connectivity index is 2.09. The summed E-state index contributed by atoms with van der Waals surface area (Å²) in [5, 5.41) is 13.1. The first-order valence-electron chi connectivity index (χ1n) is 7.16. The lowest BCUT2D eigenvalue weighted by atomic mass is 9.96. The van der Waals surface area contributed by atoms with Crippen molar-refractivity contribution in [3.8, 4) is 0 Å². The molecule has 0 aliphatic heterocycles. The largest absolute Gasteiger partial charge is 0.394 e. The van der Waals surface area contributed by atoms with E-state index in [1.807, 2.05) is 0 Å². The Morgan fingerprint density at radius 2 is 2.00 bits per heavy atom. The van der Waals surface area contributed by atoms with Gasteiger partial charge in [-0.05, 0) is 52.6 Å². The van der Waals surface area contributed by atoms with Gasteiger partial charge < -0.3 is 20.1 Å². The summed E-state index contributed by atoms with van der Waals surface area (Å²) in [7, 11) is 3.90. The van der Waals surface area contributed by atoms with Crippen molar-refractivity contribution in [2.75, 3.05) is 40.5 Å². The summed E-state index contributed by atoms with van der Waals surface area (Å²) in [6.45, 7) is 5.38. The minimum atomic E-state index is -0.0888. The van der Waals surface area contributed by atoms with Gasteiger partial charge in [-0.15, -0.1) is 0 Å². The van der Waals surface area contributed by atoms with E-state index in [0.29, 0.717) is 6.04 Å². The van der Waals surface area contributed by atoms with Crippen molar-refractivity contribution in [1.82, 2.24) is 10.2 Å². The van der Waals surface area contributed by atoms with Crippen LogP contribution in [0.4, 0.5) is 0 Å². The molecule has 4 nitrogen and oxygen atoms in total. The van der Waals surface area contributed by atoms with Gasteiger partial charge in [0.1, 0.15) is 0 Å². The van der Waals surface area contributed by atoms with Gasteiger partial charge in [-0.3, -0.25) is 0 Å². The van der Waals surface area contributed by atoms with Crippen LogP contribution >= 0.6 is 0 Å². The zero-order chi connectivity index (χ0) is 13.4. The molecule has 0 heterocycles. The maximum Gasteiger partial charge on any atom is 0.0610 e. The Bertz CT molecular complexity index is 222. The van der Waals surface area contributed by atoms with Crippen molar-refractivity contribution in [1.29, 1.82) is 0 Å². The highest BCUT2D eigenvalue weighted by molar-refractivity contribution is 4.92. The molecule has 1 aliphatic rings. The fourth-order valence-corrected chi connectivity index (χ4v) is 2.25. The van der Waals surface area contributed by atoms with Crippen LogP contribution in [0.2, 0.25) is 0 Å². The van der Waals surface area contributed by atoms with Crippen LogP contribution in [-0.4, -0.2) is 62.0 Å². The molecule has 4 heteroatoms. The first kappa shape index (κ1) is 15.9. The van der Waals surface area contributed by atoms with Gasteiger partial charge in [0.05, 0.1) is 6.61 Å². The number of hydrogen-bond donors (Lipinski definition) is 2. The van der Waals surface area contributed by atoms with Crippen LogP contribution in [0.25, 0.3) is 0 Å². The molecule has 0 saturated heterocycles. The second-order valence-corrected chi connectivity index (χ2v) is 5.89. The van der Waals surface area contributed by atoms with Gasteiger partial charge in [0.15, 0.2) is 0 Å². The van der Waals surface area contributed by atoms with Crippen molar-refractivity contribution in [3.05, 3.63) is 0 Å². The molecule has 0 aromatic heterocycles. The van der Waals surface area contributed by atoms with E-state index in [2.05, 4.69) is 24.2 Å². The molecule has 1 saturated carbocycles. The molecule has 0 radical (unpaired) electrons. The SMILES string of the molecule is COCCCN(C)CCCC(C)(CO)NC1CC1. The van der Waals surface area contributed by atoms with Crippen LogP contribution in [0.3, 0.4) is 0 Å². The topological polar surface area (TPSA) is 44.7 Å². The summed E-state index contributed by atoms with van der Waals surface area (Å²) in [5.74, 6) is 0. The van der Waals surface area contributed by atoms with Crippen molar-refractivity contribution in [2.24, 2.45) is 0 Å². The minimum Gasteiger partial charge on any atom is -0.394 e. The highest BCUT2D eigenvalue weighted by Gasteiger charge is 2.31. The molecule has 0 bridgehead atoms. The van der Waals surface area contributed by atoms with Crippen LogP contribution in [0, 0.1) is 0 Å². The molecule has 0 spiro atoms. The molecule has 18 heavy (non-hydrogen) atoms. The van der Waals surface area contributed by atoms with E-state index in [1.54, 1.807) is 7.11 Å². The van der Waals surface area contributed by atoms with Gasteiger partial charge in [-0.2, -0.15) is 0 Å². The van der Waals surface area contributed by atoms with Crippen LogP contribution in [0.15, 0.2) is 0 Å². The summed E-state index contributed by atoms with van der Waals surface area (Å²) >= 11 is 0. The fraction of sp³-hybridized carbons (Fsp3) is 1.00. The van der Waals surface area contributed by atoms with Crippen molar-refractivity contribution in [2.45, 2.75) is 50.6 Å². The Morgan fingerprint density at radius 1 is 1.33 bits per heavy atom. The molecule has 1 aliphatic carbocycles. The highest BCUT2D eigenvalue weighted by atomic mass is 16.5. The van der Waals surface area contributed by atoms with Gasteiger partial charge in [0, 0.05) is 31.8 Å². The quantitative estimate of drug-likeness (QED) is 0.547. The number of rotatable bonds is 11. The molecule has 2 N–H and O–H groups in total. The second-order valence-electron chi connectivity index (χ2n) is 5.89. The zero-order valence-corrected chi connectivity index (χ0v) is 12.2. The number of aliphatic hydroxyl groups is 1. The van der Waals surface area contributed by atoms with E-state index in [9.17, 15) is 5.11 Å². The average Bonchev–Trinajstić information content (AvgIpc) is 3.13. The monoisotopic (exact) mass is 258 g/mol. The van der Waals surface area contributed by atoms with Crippen molar-refractivity contribution >= 4 is 0 Å². The van der Waals surface area contributed by atoms with E-state index >= 15 is 0 Å². The number of ether oxygens (including phenoxy) is 1. The molecule has 108 valence electrons. The van der Waals surface area contributed by atoms with E-state index in [1.165, 1.54) is 12.8 Å². The van der Waals surface area contributed by atoms with Crippen LogP contribution < -0.4 is 5.32 Å². The number of methoxy groups -OCH3 is 1. The molecule has 0 aromatic rings. The minimum absolute atomic E-state index is 0.0888. The summed E-state index contributed by atoms with van der Waals surface area (Å²) in [5.41, 5.74) is -0.0888. The van der Waals surface area contributed by atoms with E-state index in [0.717, 1.165) is 39.0 Å². The Labute approximate surface area is 112 Å². The molecule has 1 unspecified atom stereocenters. The maximum atomic E-state index is 9.51. The molecular weight excluding hydrogens is 228 g/mol. The van der Waals surface area contributed by atoms with Crippen molar-refractivity contribution < 1.29 is 9.84 Å². The molecule has 1 rings (SSSR count). The fourth-order valence-electron chi connectivity index (χ4n) is 2.25. The third-order valence-corrected chi connectivity index (χ3v) is 3.64. The maximum absolute atomic E-state index is 9.51. The number of aliphatic hydroxyl groups excluding tert-OH is 1. The van der Waals surface area contributed by atoms with Crippen LogP contribution in [-0.2, 0) is 4.74 Å². The lowest BCUT2D eigenvalue weighted by Gasteiger charge is -2.30. The molecule has 0 amide bonds. The van der Waals surface area contributed by atoms with E-state index in [-0.39, 0.29) is 12.1 Å². The van der Waals surface area contributed by atoms with Gasteiger partial charge in [-0.1, -0.05) is 0 Å². The van der Waals surface area contributed by atoms with Gasteiger partial charge in [0.2, 0.25) is 0 Å². The standard InChI is InChI=1S/C14H30N2O2/c1-14(12-17,15-13-6-7-13)8-4-9-16(2)10-5-11-18-3/h13,15,17H,4-12H2,1-3H3. The number of hydrogen-bond acceptors (Lipinski definition) is 4. The number of nitrogens with one attached hydrogen (secondary N) is 1. The van der Waals surface area contributed by atoms with Crippen molar-refractivity contribution in [3.63, 3.8) is 0 Å². The molecular formula is C14H30N2O2. The van der Waals surface area contributed by atoms with Crippen LogP contribution in [0.1, 0.15) is 39.0 Å². The van der Waals surface area contributed by atoms with E-state index < -0.39 is 0 Å². The van der Waals surface area contributed by atoms with Crippen LogP contribution in [0.5, 0.6) is 0 Å². The first-order chi connectivity index (χ1) is 8.59. The number of nitrogens with zero attached hydrogens (tertiary/aromatic N) is 1. The lowest BCUT2D eigenvalue weighted by molar-refractivity contribution is 0.153. The highest BCUT2D eigenvalue weighted by Crippen LogP contribution is 2.24.